The first-order chi connectivity index (χ1) is 12.0. The highest BCUT2D eigenvalue weighted by Gasteiger charge is 2.24. The Labute approximate surface area is 148 Å². The zero-order valence-electron chi connectivity index (χ0n) is 14.9. The summed E-state index contributed by atoms with van der Waals surface area (Å²) in [7, 11) is 0. The number of aromatic nitrogens is 1. The molecule has 3 rings (SSSR count). The van der Waals surface area contributed by atoms with Crippen LogP contribution in [0.25, 0.3) is 11.3 Å². The minimum atomic E-state index is -0.258. The quantitative estimate of drug-likeness (QED) is 0.889. The Bertz CT molecular complexity index is 772. The van der Waals surface area contributed by atoms with Gasteiger partial charge in [-0.05, 0) is 48.6 Å². The average molecular weight is 338 g/mol. The zero-order valence-corrected chi connectivity index (χ0v) is 14.9. The first kappa shape index (κ1) is 17.5. The standard InChI is InChI=1S/C21H26N2O2/c1-14-8-15(2)10-16(9-14)13-22-21(25)18-11-19(23-20(24)12-18)17-6-4-3-5-7-17/h3-7,11-12,14-16H,8-10,13H2,1-2H3,(H,22,25)(H,23,24). The Balaban J connectivity index is 1.70. The molecule has 0 aliphatic heterocycles. The number of benzene rings is 1. The summed E-state index contributed by atoms with van der Waals surface area (Å²) in [6.45, 7) is 5.25. The van der Waals surface area contributed by atoms with Gasteiger partial charge in [-0.1, -0.05) is 44.2 Å². The summed E-state index contributed by atoms with van der Waals surface area (Å²) >= 11 is 0. The lowest BCUT2D eigenvalue weighted by atomic mass is 9.77. The molecule has 0 radical (unpaired) electrons. The van der Waals surface area contributed by atoms with Gasteiger partial charge in [0.15, 0.2) is 0 Å². The zero-order chi connectivity index (χ0) is 17.8. The molecule has 132 valence electrons. The maximum atomic E-state index is 12.5. The minimum absolute atomic E-state index is 0.172. The van der Waals surface area contributed by atoms with E-state index < -0.39 is 0 Å². The average Bonchev–Trinajstić information content (AvgIpc) is 2.59. The van der Waals surface area contributed by atoms with Crippen LogP contribution in [-0.4, -0.2) is 17.4 Å². The summed E-state index contributed by atoms with van der Waals surface area (Å²) in [5.74, 6) is 1.79. The molecule has 0 bridgehead atoms. The second-order valence-electron chi connectivity index (χ2n) is 7.51. The summed E-state index contributed by atoms with van der Waals surface area (Å²) < 4.78 is 0. The van der Waals surface area contributed by atoms with Crippen molar-refractivity contribution >= 4 is 5.91 Å². The third-order valence-electron chi connectivity index (χ3n) is 5.02. The maximum Gasteiger partial charge on any atom is 0.251 e. The summed E-state index contributed by atoms with van der Waals surface area (Å²) in [5, 5.41) is 3.02. The molecule has 1 heterocycles. The van der Waals surface area contributed by atoms with Crippen LogP contribution in [0.15, 0.2) is 47.3 Å². The summed E-state index contributed by atoms with van der Waals surface area (Å²) in [6, 6.07) is 12.7. The van der Waals surface area contributed by atoms with E-state index >= 15 is 0 Å². The van der Waals surface area contributed by atoms with Crippen molar-refractivity contribution < 1.29 is 4.79 Å². The molecule has 4 heteroatoms. The van der Waals surface area contributed by atoms with Gasteiger partial charge < -0.3 is 10.3 Å². The molecule has 1 amide bonds. The van der Waals surface area contributed by atoms with E-state index in [9.17, 15) is 9.59 Å². The van der Waals surface area contributed by atoms with Crippen LogP contribution in [0.2, 0.25) is 0 Å². The molecule has 2 N–H and O–H groups in total. The molecular weight excluding hydrogens is 312 g/mol. The third kappa shape index (κ3) is 4.59. The molecule has 4 nitrogen and oxygen atoms in total. The Morgan fingerprint density at radius 1 is 1.08 bits per heavy atom. The number of H-pyrrole nitrogens is 1. The van der Waals surface area contributed by atoms with E-state index in [1.807, 2.05) is 30.3 Å². The third-order valence-corrected chi connectivity index (χ3v) is 5.02. The predicted octanol–water partition coefficient (Wildman–Crippen LogP) is 3.84. The molecule has 1 aliphatic carbocycles. The van der Waals surface area contributed by atoms with Gasteiger partial charge in [-0.3, -0.25) is 9.59 Å². The normalized spacial score (nSPS) is 23.2. The first-order valence-corrected chi connectivity index (χ1v) is 9.09. The Kier molecular flexibility index (Phi) is 5.37. The molecular formula is C21H26N2O2. The molecule has 1 aromatic carbocycles. The molecule has 25 heavy (non-hydrogen) atoms. The van der Waals surface area contributed by atoms with Crippen LogP contribution in [-0.2, 0) is 0 Å². The summed E-state index contributed by atoms with van der Waals surface area (Å²) in [4.78, 5) is 27.3. The van der Waals surface area contributed by atoms with Crippen molar-refractivity contribution in [3.8, 4) is 11.3 Å². The number of pyridine rings is 1. The molecule has 2 aromatic rings. The smallest absolute Gasteiger partial charge is 0.251 e. The van der Waals surface area contributed by atoms with Crippen molar-refractivity contribution in [2.24, 2.45) is 17.8 Å². The van der Waals surface area contributed by atoms with Crippen LogP contribution < -0.4 is 10.9 Å². The molecule has 1 aromatic heterocycles. The fourth-order valence-corrected chi connectivity index (χ4v) is 4.07. The van der Waals surface area contributed by atoms with Crippen LogP contribution >= 0.6 is 0 Å². The van der Waals surface area contributed by atoms with Gasteiger partial charge >= 0.3 is 0 Å². The summed E-state index contributed by atoms with van der Waals surface area (Å²) in [6.07, 6.45) is 3.60. The molecule has 2 atom stereocenters. The highest BCUT2D eigenvalue weighted by molar-refractivity contribution is 5.95. The highest BCUT2D eigenvalue weighted by atomic mass is 16.2. The number of hydrogen-bond donors (Lipinski definition) is 2. The first-order valence-electron chi connectivity index (χ1n) is 9.09. The van der Waals surface area contributed by atoms with Crippen molar-refractivity contribution in [2.75, 3.05) is 6.54 Å². The van der Waals surface area contributed by atoms with E-state index in [1.54, 1.807) is 6.07 Å². The van der Waals surface area contributed by atoms with Gasteiger partial charge in [-0.2, -0.15) is 0 Å². The number of aromatic amines is 1. The fourth-order valence-electron chi connectivity index (χ4n) is 4.07. The molecule has 1 aliphatic rings. The number of hydrogen-bond acceptors (Lipinski definition) is 2. The van der Waals surface area contributed by atoms with Crippen molar-refractivity contribution in [1.82, 2.24) is 10.3 Å². The van der Waals surface area contributed by atoms with Gasteiger partial charge in [0.1, 0.15) is 0 Å². The molecule has 1 fully saturated rings. The SMILES string of the molecule is CC1CC(C)CC(CNC(=O)c2cc(-c3ccccc3)[nH]c(=O)c2)C1. The minimum Gasteiger partial charge on any atom is -0.352 e. The van der Waals surface area contributed by atoms with Crippen molar-refractivity contribution in [3.05, 3.63) is 58.4 Å². The molecule has 1 saturated carbocycles. The lowest BCUT2D eigenvalue weighted by Gasteiger charge is -2.31. The number of carbonyl (C=O) groups is 1. The number of amides is 1. The van der Waals surface area contributed by atoms with E-state index in [0.717, 1.165) is 30.2 Å². The van der Waals surface area contributed by atoms with E-state index in [0.29, 0.717) is 23.7 Å². The number of carbonyl (C=O) groups excluding carboxylic acids is 1. The monoisotopic (exact) mass is 338 g/mol. The van der Waals surface area contributed by atoms with E-state index in [-0.39, 0.29) is 11.5 Å². The van der Waals surface area contributed by atoms with Crippen molar-refractivity contribution in [1.29, 1.82) is 0 Å². The summed E-state index contributed by atoms with van der Waals surface area (Å²) in [5.41, 5.74) is 1.72. The Morgan fingerprint density at radius 2 is 1.76 bits per heavy atom. The highest BCUT2D eigenvalue weighted by Crippen LogP contribution is 2.32. The number of nitrogens with one attached hydrogen (secondary N) is 2. The van der Waals surface area contributed by atoms with E-state index in [4.69, 9.17) is 0 Å². The van der Waals surface area contributed by atoms with Crippen LogP contribution in [0.1, 0.15) is 43.5 Å². The predicted molar refractivity (Wildman–Crippen MR) is 101 cm³/mol. The Hall–Kier alpha value is -2.36. The molecule has 0 spiro atoms. The van der Waals surface area contributed by atoms with Gasteiger partial charge in [0.25, 0.3) is 5.91 Å². The Morgan fingerprint density at radius 3 is 2.44 bits per heavy atom. The van der Waals surface area contributed by atoms with Gasteiger partial charge in [0.2, 0.25) is 5.56 Å². The van der Waals surface area contributed by atoms with Gasteiger partial charge in [0, 0.05) is 23.9 Å². The maximum absolute atomic E-state index is 12.5. The van der Waals surface area contributed by atoms with E-state index in [1.165, 1.54) is 12.5 Å². The van der Waals surface area contributed by atoms with Gasteiger partial charge in [-0.25, -0.2) is 0 Å². The molecule has 0 saturated heterocycles. The number of rotatable bonds is 4. The fraction of sp³-hybridized carbons (Fsp3) is 0.429. The van der Waals surface area contributed by atoms with Crippen LogP contribution in [0.4, 0.5) is 0 Å². The van der Waals surface area contributed by atoms with Crippen LogP contribution in [0.5, 0.6) is 0 Å². The lowest BCUT2D eigenvalue weighted by Crippen LogP contribution is -2.33. The topological polar surface area (TPSA) is 62.0 Å². The van der Waals surface area contributed by atoms with Crippen molar-refractivity contribution in [3.63, 3.8) is 0 Å². The second kappa shape index (κ2) is 7.68. The van der Waals surface area contributed by atoms with Gasteiger partial charge in [-0.15, -0.1) is 0 Å². The van der Waals surface area contributed by atoms with Gasteiger partial charge in [0.05, 0.1) is 0 Å². The van der Waals surface area contributed by atoms with Crippen LogP contribution in [0, 0.1) is 17.8 Å². The second-order valence-corrected chi connectivity index (χ2v) is 7.51. The lowest BCUT2D eigenvalue weighted by molar-refractivity contribution is 0.0935. The largest absolute Gasteiger partial charge is 0.352 e. The van der Waals surface area contributed by atoms with E-state index in [2.05, 4.69) is 24.1 Å². The molecule has 2 unspecified atom stereocenters. The van der Waals surface area contributed by atoms with Crippen LogP contribution in [0.3, 0.4) is 0 Å². The van der Waals surface area contributed by atoms with Crippen molar-refractivity contribution in [2.45, 2.75) is 33.1 Å².